The second-order valence-corrected chi connectivity index (χ2v) is 7.67. The fraction of sp³-hybridized carbons (Fsp3) is 0.500. The molecular formula is C24H30ClF3O2. The van der Waals surface area contributed by atoms with E-state index in [2.05, 4.69) is 13.8 Å². The summed E-state index contributed by atoms with van der Waals surface area (Å²) in [6, 6.07) is 5.46. The maximum atomic E-state index is 14.8. The van der Waals surface area contributed by atoms with Crippen molar-refractivity contribution in [2.75, 3.05) is 13.2 Å². The lowest BCUT2D eigenvalue weighted by Gasteiger charge is -2.13. The fourth-order valence-electron chi connectivity index (χ4n) is 3.12. The van der Waals surface area contributed by atoms with E-state index in [1.807, 2.05) is 0 Å². The Morgan fingerprint density at radius 3 is 1.70 bits per heavy atom. The van der Waals surface area contributed by atoms with Crippen LogP contribution in [0.4, 0.5) is 13.2 Å². The van der Waals surface area contributed by atoms with E-state index in [4.69, 9.17) is 21.1 Å². The summed E-state index contributed by atoms with van der Waals surface area (Å²) in [6.07, 6.45) is 7.95. The molecule has 0 bridgehead atoms. The Hall–Kier alpha value is -1.88. The van der Waals surface area contributed by atoms with E-state index in [9.17, 15) is 13.2 Å². The summed E-state index contributed by atoms with van der Waals surface area (Å²) in [5.74, 6) is -3.11. The van der Waals surface area contributed by atoms with Gasteiger partial charge in [-0.15, -0.1) is 0 Å². The predicted octanol–water partition coefficient (Wildman–Crippen LogP) is 8.34. The molecule has 0 N–H and O–H groups in total. The number of benzene rings is 2. The highest BCUT2D eigenvalue weighted by molar-refractivity contribution is 6.32. The highest BCUT2D eigenvalue weighted by atomic mass is 35.5. The smallest absolute Gasteiger partial charge is 0.201 e. The molecule has 0 saturated carbocycles. The van der Waals surface area contributed by atoms with Gasteiger partial charge in [0.1, 0.15) is 10.8 Å². The lowest BCUT2D eigenvalue weighted by molar-refractivity contribution is 0.285. The summed E-state index contributed by atoms with van der Waals surface area (Å²) < 4.78 is 54.7. The van der Waals surface area contributed by atoms with Crippen molar-refractivity contribution in [2.45, 2.75) is 65.2 Å². The first-order valence-corrected chi connectivity index (χ1v) is 11.1. The number of halogens is 4. The molecule has 0 aliphatic heterocycles. The maximum absolute atomic E-state index is 14.8. The summed E-state index contributed by atoms with van der Waals surface area (Å²) in [4.78, 5) is 0. The van der Waals surface area contributed by atoms with Gasteiger partial charge in [-0.2, -0.15) is 4.39 Å². The highest BCUT2D eigenvalue weighted by Crippen LogP contribution is 2.37. The molecular weight excluding hydrogens is 413 g/mol. The molecule has 0 atom stereocenters. The van der Waals surface area contributed by atoms with Gasteiger partial charge in [0, 0.05) is 11.1 Å². The lowest BCUT2D eigenvalue weighted by atomic mass is 10.0. The zero-order valence-corrected chi connectivity index (χ0v) is 18.5. The summed E-state index contributed by atoms with van der Waals surface area (Å²) in [7, 11) is 0. The van der Waals surface area contributed by atoms with Crippen LogP contribution in [0.1, 0.15) is 65.2 Å². The molecule has 2 aromatic carbocycles. The van der Waals surface area contributed by atoms with Crippen molar-refractivity contribution >= 4 is 11.6 Å². The molecule has 2 nitrogen and oxygen atoms in total. The first kappa shape index (κ1) is 24.4. The minimum absolute atomic E-state index is 0.121. The fourth-order valence-corrected chi connectivity index (χ4v) is 3.34. The molecule has 0 fully saturated rings. The third-order valence-electron chi connectivity index (χ3n) is 4.89. The Balaban J connectivity index is 2.11. The van der Waals surface area contributed by atoms with Crippen molar-refractivity contribution in [3.63, 3.8) is 0 Å². The van der Waals surface area contributed by atoms with Crippen LogP contribution in [0.2, 0.25) is 5.02 Å². The molecule has 0 radical (unpaired) electrons. The van der Waals surface area contributed by atoms with Crippen LogP contribution in [-0.2, 0) is 0 Å². The van der Waals surface area contributed by atoms with E-state index in [1.54, 1.807) is 0 Å². The minimum Gasteiger partial charge on any atom is -0.492 e. The maximum Gasteiger partial charge on any atom is 0.201 e. The molecule has 0 amide bonds. The van der Waals surface area contributed by atoms with Crippen LogP contribution in [0.5, 0.6) is 11.5 Å². The molecule has 0 heterocycles. The van der Waals surface area contributed by atoms with Crippen LogP contribution in [0.3, 0.4) is 0 Å². The van der Waals surface area contributed by atoms with Crippen LogP contribution in [0.15, 0.2) is 24.3 Å². The highest BCUT2D eigenvalue weighted by Gasteiger charge is 2.21. The van der Waals surface area contributed by atoms with E-state index >= 15 is 0 Å². The van der Waals surface area contributed by atoms with E-state index in [0.717, 1.165) is 51.4 Å². The van der Waals surface area contributed by atoms with Crippen LogP contribution in [0.25, 0.3) is 11.1 Å². The number of unbranched alkanes of at least 4 members (excludes halogenated alkanes) is 6. The van der Waals surface area contributed by atoms with Crippen molar-refractivity contribution < 1.29 is 22.6 Å². The molecule has 0 spiro atoms. The van der Waals surface area contributed by atoms with Gasteiger partial charge in [-0.1, -0.05) is 64.0 Å². The standard InChI is InChI=1S/C24H30ClF3O2/c1-3-5-7-9-15-29-19-13-11-17(22(26)21(19)25)18-12-14-20(24(28)23(18)27)30-16-10-8-6-4-2/h11-14H,3-10,15-16H2,1-2H3. The molecule has 0 unspecified atom stereocenters. The van der Waals surface area contributed by atoms with Crippen molar-refractivity contribution in [1.82, 2.24) is 0 Å². The Morgan fingerprint density at radius 2 is 1.13 bits per heavy atom. The molecule has 0 aromatic heterocycles. The number of hydrogen-bond acceptors (Lipinski definition) is 2. The minimum atomic E-state index is -1.16. The lowest BCUT2D eigenvalue weighted by Crippen LogP contribution is -2.03. The average molecular weight is 443 g/mol. The first-order chi connectivity index (χ1) is 14.5. The molecule has 0 aliphatic carbocycles. The van der Waals surface area contributed by atoms with Crippen LogP contribution >= 0.6 is 11.6 Å². The van der Waals surface area contributed by atoms with Gasteiger partial charge in [0.2, 0.25) is 5.82 Å². The zero-order valence-electron chi connectivity index (χ0n) is 17.7. The van der Waals surface area contributed by atoms with Gasteiger partial charge in [0.15, 0.2) is 17.4 Å². The van der Waals surface area contributed by atoms with Gasteiger partial charge in [-0.25, -0.2) is 8.78 Å². The molecule has 30 heavy (non-hydrogen) atoms. The zero-order chi connectivity index (χ0) is 21.9. The summed E-state index contributed by atoms with van der Waals surface area (Å²) in [6.45, 7) is 4.93. The van der Waals surface area contributed by atoms with Crippen molar-refractivity contribution in [2.24, 2.45) is 0 Å². The Labute approximate surface area is 182 Å². The van der Waals surface area contributed by atoms with Gasteiger partial charge in [0.25, 0.3) is 0 Å². The molecule has 6 heteroatoms. The Morgan fingerprint density at radius 1 is 0.633 bits per heavy atom. The van der Waals surface area contributed by atoms with Crippen molar-refractivity contribution in [3.8, 4) is 22.6 Å². The van der Waals surface area contributed by atoms with E-state index in [-0.39, 0.29) is 27.6 Å². The van der Waals surface area contributed by atoms with Gasteiger partial charge < -0.3 is 9.47 Å². The van der Waals surface area contributed by atoms with Gasteiger partial charge in [0.05, 0.1) is 13.2 Å². The third-order valence-corrected chi connectivity index (χ3v) is 5.25. The van der Waals surface area contributed by atoms with Crippen molar-refractivity contribution in [3.05, 3.63) is 46.7 Å². The summed E-state index contributed by atoms with van der Waals surface area (Å²) in [5, 5.41) is -0.237. The predicted molar refractivity (Wildman–Crippen MR) is 116 cm³/mol. The second-order valence-electron chi connectivity index (χ2n) is 7.30. The van der Waals surface area contributed by atoms with E-state index in [0.29, 0.717) is 13.2 Å². The van der Waals surface area contributed by atoms with Crippen molar-refractivity contribution in [1.29, 1.82) is 0 Å². The monoisotopic (exact) mass is 442 g/mol. The molecule has 2 aromatic rings. The largest absolute Gasteiger partial charge is 0.492 e. The Bertz CT molecular complexity index is 744. The van der Waals surface area contributed by atoms with E-state index in [1.165, 1.54) is 24.3 Å². The Kier molecular flexibility index (Phi) is 10.4. The van der Waals surface area contributed by atoms with E-state index < -0.39 is 17.5 Å². The third kappa shape index (κ3) is 6.56. The quantitative estimate of drug-likeness (QED) is 0.290. The molecule has 2 rings (SSSR count). The van der Waals surface area contributed by atoms with Gasteiger partial charge in [-0.3, -0.25) is 0 Å². The molecule has 0 saturated heterocycles. The topological polar surface area (TPSA) is 18.5 Å². The second kappa shape index (κ2) is 12.7. The number of hydrogen-bond donors (Lipinski definition) is 0. The first-order valence-electron chi connectivity index (χ1n) is 10.7. The molecule has 0 aliphatic rings. The average Bonchev–Trinajstić information content (AvgIpc) is 2.74. The number of rotatable bonds is 13. The summed E-state index contributed by atoms with van der Waals surface area (Å²) >= 11 is 6.08. The SMILES string of the molecule is CCCCCCOc1ccc(-c2ccc(OCCCCCC)c(Cl)c2F)c(F)c1F. The van der Waals surface area contributed by atoms with Gasteiger partial charge >= 0.3 is 0 Å². The number of ether oxygens (including phenoxy) is 2. The van der Waals surface area contributed by atoms with Crippen LogP contribution in [-0.4, -0.2) is 13.2 Å². The van der Waals surface area contributed by atoms with Crippen LogP contribution in [0, 0.1) is 17.5 Å². The van der Waals surface area contributed by atoms with Crippen LogP contribution < -0.4 is 9.47 Å². The summed E-state index contributed by atoms with van der Waals surface area (Å²) in [5.41, 5.74) is -0.330. The van der Waals surface area contributed by atoms with Gasteiger partial charge in [-0.05, 0) is 37.1 Å². The normalized spacial score (nSPS) is 11.0. The molecule has 166 valence electrons.